The second-order valence-corrected chi connectivity index (χ2v) is 6.01. The molecule has 2 unspecified atom stereocenters. The molecule has 0 aliphatic carbocycles. The van der Waals surface area contributed by atoms with Gasteiger partial charge in [0, 0.05) is 18.3 Å². The Morgan fingerprint density at radius 3 is 2.74 bits per heavy atom. The summed E-state index contributed by atoms with van der Waals surface area (Å²) < 4.78 is 0. The van der Waals surface area contributed by atoms with Crippen LogP contribution in [0.3, 0.4) is 0 Å². The van der Waals surface area contributed by atoms with E-state index in [1.807, 2.05) is 12.3 Å². The van der Waals surface area contributed by atoms with E-state index in [4.69, 9.17) is 0 Å². The highest BCUT2D eigenvalue weighted by atomic mass is 15.2. The van der Waals surface area contributed by atoms with Crippen molar-refractivity contribution in [1.29, 1.82) is 0 Å². The van der Waals surface area contributed by atoms with Gasteiger partial charge >= 0.3 is 0 Å². The minimum absolute atomic E-state index is 0.457. The van der Waals surface area contributed by atoms with Crippen molar-refractivity contribution in [3.8, 4) is 0 Å². The first-order valence-corrected chi connectivity index (χ1v) is 7.73. The van der Waals surface area contributed by atoms with Crippen molar-refractivity contribution >= 4 is 0 Å². The summed E-state index contributed by atoms with van der Waals surface area (Å²) in [4.78, 5) is 7.09. The molecule has 3 nitrogen and oxygen atoms in total. The van der Waals surface area contributed by atoms with E-state index in [-0.39, 0.29) is 0 Å². The molecule has 19 heavy (non-hydrogen) atoms. The fraction of sp³-hybridized carbons (Fsp3) is 0.688. The van der Waals surface area contributed by atoms with E-state index in [2.05, 4.69) is 34.3 Å². The summed E-state index contributed by atoms with van der Waals surface area (Å²) in [7, 11) is 0. The number of likely N-dealkylation sites (tertiary alicyclic amines) is 1. The minimum Gasteiger partial charge on any atom is -0.314 e. The van der Waals surface area contributed by atoms with Crippen LogP contribution in [-0.2, 0) is 0 Å². The van der Waals surface area contributed by atoms with Crippen molar-refractivity contribution in [2.24, 2.45) is 5.92 Å². The number of rotatable bonds is 3. The van der Waals surface area contributed by atoms with Gasteiger partial charge in [0.2, 0.25) is 0 Å². The second-order valence-electron chi connectivity index (χ2n) is 6.01. The molecule has 2 fully saturated rings. The van der Waals surface area contributed by atoms with E-state index in [1.54, 1.807) is 0 Å². The van der Waals surface area contributed by atoms with Gasteiger partial charge < -0.3 is 5.32 Å². The van der Waals surface area contributed by atoms with Crippen molar-refractivity contribution in [2.45, 2.75) is 44.7 Å². The number of nitrogens with zero attached hydrogens (tertiary/aromatic N) is 2. The summed E-state index contributed by atoms with van der Waals surface area (Å²) in [5.41, 5.74) is 1.21. The first kappa shape index (κ1) is 13.1. The van der Waals surface area contributed by atoms with Gasteiger partial charge in [-0.3, -0.25) is 9.88 Å². The third-order valence-electron chi connectivity index (χ3n) is 4.91. The Bertz CT molecular complexity index is 378. The molecule has 1 N–H and O–H groups in total. The largest absolute Gasteiger partial charge is 0.314 e. The first-order valence-electron chi connectivity index (χ1n) is 7.73. The summed E-state index contributed by atoms with van der Waals surface area (Å²) in [6.45, 7) is 5.97. The van der Waals surface area contributed by atoms with E-state index >= 15 is 0 Å². The van der Waals surface area contributed by atoms with Crippen molar-refractivity contribution in [2.75, 3.05) is 19.6 Å². The van der Waals surface area contributed by atoms with Crippen LogP contribution in [0.5, 0.6) is 0 Å². The number of hydrogen-bond acceptors (Lipinski definition) is 3. The number of hydrogen-bond donors (Lipinski definition) is 1. The Labute approximate surface area is 116 Å². The quantitative estimate of drug-likeness (QED) is 0.904. The van der Waals surface area contributed by atoms with Crippen LogP contribution >= 0.6 is 0 Å². The third-order valence-corrected chi connectivity index (χ3v) is 4.91. The Balaban J connectivity index is 1.55. The molecule has 0 bridgehead atoms. The van der Waals surface area contributed by atoms with Gasteiger partial charge in [-0.2, -0.15) is 0 Å². The van der Waals surface area contributed by atoms with Crippen molar-refractivity contribution in [1.82, 2.24) is 15.2 Å². The van der Waals surface area contributed by atoms with Crippen LogP contribution < -0.4 is 5.32 Å². The molecule has 0 amide bonds. The van der Waals surface area contributed by atoms with Crippen LogP contribution in [0.2, 0.25) is 0 Å². The molecule has 0 spiro atoms. The van der Waals surface area contributed by atoms with Crippen molar-refractivity contribution < 1.29 is 0 Å². The lowest BCUT2D eigenvalue weighted by Crippen LogP contribution is -2.41. The van der Waals surface area contributed by atoms with Crippen LogP contribution in [0, 0.1) is 5.92 Å². The Hall–Kier alpha value is -0.930. The zero-order valence-corrected chi connectivity index (χ0v) is 11.9. The van der Waals surface area contributed by atoms with Gasteiger partial charge in [-0.15, -0.1) is 0 Å². The average Bonchev–Trinajstić information content (AvgIpc) is 3.02. The Morgan fingerprint density at radius 2 is 2.11 bits per heavy atom. The summed E-state index contributed by atoms with van der Waals surface area (Å²) in [6.07, 6.45) is 7.35. The molecule has 2 aliphatic heterocycles. The summed E-state index contributed by atoms with van der Waals surface area (Å²) in [5.74, 6) is 0.898. The van der Waals surface area contributed by atoms with E-state index in [9.17, 15) is 0 Å². The van der Waals surface area contributed by atoms with Crippen LogP contribution in [0.1, 0.15) is 44.3 Å². The molecule has 1 aromatic heterocycles. The molecule has 0 saturated carbocycles. The molecule has 104 valence electrons. The normalized spacial score (nSPS) is 27.5. The number of aromatic nitrogens is 1. The molecule has 3 heteroatoms. The summed E-state index contributed by atoms with van der Waals surface area (Å²) in [6, 6.07) is 7.49. The monoisotopic (exact) mass is 259 g/mol. The molecular weight excluding hydrogens is 234 g/mol. The van der Waals surface area contributed by atoms with Gasteiger partial charge in [0.1, 0.15) is 0 Å². The van der Waals surface area contributed by atoms with Gasteiger partial charge in [-0.25, -0.2) is 0 Å². The molecule has 2 aliphatic rings. The standard InChI is InChI=1S/C16H25N3/c1-13(15-5-2-3-9-17-15)19-11-7-14(8-12-19)16-6-4-10-18-16/h2-3,5,9,13-14,16,18H,4,6-8,10-12H2,1H3. The van der Waals surface area contributed by atoms with Crippen LogP contribution in [0.4, 0.5) is 0 Å². The zero-order chi connectivity index (χ0) is 13.1. The molecule has 3 heterocycles. The topological polar surface area (TPSA) is 28.2 Å². The molecule has 3 rings (SSSR count). The number of nitrogens with one attached hydrogen (secondary N) is 1. The summed E-state index contributed by atoms with van der Waals surface area (Å²) in [5, 5.41) is 3.67. The fourth-order valence-corrected chi connectivity index (χ4v) is 3.63. The average molecular weight is 259 g/mol. The molecule has 2 atom stereocenters. The molecule has 0 aromatic carbocycles. The van der Waals surface area contributed by atoms with E-state index < -0.39 is 0 Å². The predicted molar refractivity (Wildman–Crippen MR) is 78.0 cm³/mol. The number of pyridine rings is 1. The van der Waals surface area contributed by atoms with Crippen molar-refractivity contribution in [3.05, 3.63) is 30.1 Å². The lowest BCUT2D eigenvalue weighted by Gasteiger charge is -2.37. The second kappa shape index (κ2) is 6.02. The van der Waals surface area contributed by atoms with Gasteiger partial charge in [-0.05, 0) is 70.3 Å². The first-order chi connectivity index (χ1) is 9.34. The highest BCUT2D eigenvalue weighted by molar-refractivity contribution is 5.08. The maximum atomic E-state index is 4.50. The minimum atomic E-state index is 0.457. The van der Waals surface area contributed by atoms with Crippen LogP contribution in [0.15, 0.2) is 24.4 Å². The smallest absolute Gasteiger partial charge is 0.0572 e. The SMILES string of the molecule is CC(c1ccccn1)N1CCC(C2CCCN2)CC1. The fourth-order valence-electron chi connectivity index (χ4n) is 3.63. The third kappa shape index (κ3) is 2.98. The maximum Gasteiger partial charge on any atom is 0.0572 e. The highest BCUT2D eigenvalue weighted by Crippen LogP contribution is 2.29. The van der Waals surface area contributed by atoms with Crippen molar-refractivity contribution in [3.63, 3.8) is 0 Å². The highest BCUT2D eigenvalue weighted by Gasteiger charge is 2.30. The van der Waals surface area contributed by atoms with E-state index in [1.165, 1.54) is 51.0 Å². The predicted octanol–water partition coefficient (Wildman–Crippen LogP) is 2.61. The molecular formula is C16H25N3. The Morgan fingerprint density at radius 1 is 1.26 bits per heavy atom. The van der Waals surface area contributed by atoms with Gasteiger partial charge in [0.25, 0.3) is 0 Å². The van der Waals surface area contributed by atoms with E-state index in [0.29, 0.717) is 6.04 Å². The zero-order valence-electron chi connectivity index (χ0n) is 11.9. The molecule has 0 radical (unpaired) electrons. The van der Waals surface area contributed by atoms with Gasteiger partial charge in [0.05, 0.1) is 5.69 Å². The number of piperidine rings is 1. The van der Waals surface area contributed by atoms with Crippen LogP contribution in [-0.4, -0.2) is 35.6 Å². The van der Waals surface area contributed by atoms with Gasteiger partial charge in [0.15, 0.2) is 0 Å². The van der Waals surface area contributed by atoms with Crippen LogP contribution in [0.25, 0.3) is 0 Å². The maximum absolute atomic E-state index is 4.50. The van der Waals surface area contributed by atoms with E-state index in [0.717, 1.165) is 12.0 Å². The molecule has 1 aromatic rings. The lowest BCUT2D eigenvalue weighted by atomic mass is 9.88. The van der Waals surface area contributed by atoms with Gasteiger partial charge in [-0.1, -0.05) is 6.07 Å². The lowest BCUT2D eigenvalue weighted by molar-refractivity contribution is 0.124. The molecule has 2 saturated heterocycles. The Kier molecular flexibility index (Phi) is 4.14. The summed E-state index contributed by atoms with van der Waals surface area (Å²) >= 11 is 0.